The number of halogens is 3. The fourth-order valence-corrected chi connectivity index (χ4v) is 1.29. The van der Waals surface area contributed by atoms with Crippen molar-refractivity contribution in [2.24, 2.45) is 0 Å². The minimum atomic E-state index is -4.25. The maximum absolute atomic E-state index is 12.2. The summed E-state index contributed by atoms with van der Waals surface area (Å²) in [7, 11) is 0. The van der Waals surface area contributed by atoms with Crippen LogP contribution in [-0.4, -0.2) is 29.2 Å². The van der Waals surface area contributed by atoms with Crippen LogP contribution in [0.3, 0.4) is 0 Å². The van der Waals surface area contributed by atoms with E-state index in [0.29, 0.717) is 5.82 Å². The van der Waals surface area contributed by atoms with Gasteiger partial charge < -0.3 is 15.6 Å². The molecular formula is C8H13F3N4. The van der Waals surface area contributed by atoms with Crippen molar-refractivity contribution in [3.63, 3.8) is 0 Å². The van der Waals surface area contributed by atoms with Crippen LogP contribution in [0.2, 0.25) is 0 Å². The van der Waals surface area contributed by atoms with Gasteiger partial charge in [-0.2, -0.15) is 13.2 Å². The molecule has 0 spiro atoms. The lowest BCUT2D eigenvalue weighted by Gasteiger charge is -2.22. The topological polar surface area (TPSA) is 57.9 Å². The van der Waals surface area contributed by atoms with Crippen LogP contribution in [0.4, 0.5) is 24.8 Å². The summed E-state index contributed by atoms with van der Waals surface area (Å²) in [6.45, 7) is 2.42. The minimum Gasteiger partial charge on any atom is -0.382 e. The molecule has 0 aliphatic carbocycles. The normalized spacial score (nSPS) is 11.8. The lowest BCUT2D eigenvalue weighted by Crippen LogP contribution is -2.34. The van der Waals surface area contributed by atoms with Gasteiger partial charge in [-0.05, 0) is 13.8 Å². The number of anilines is 2. The molecule has 0 radical (unpaired) electrons. The molecule has 15 heavy (non-hydrogen) atoms. The third-order valence-electron chi connectivity index (χ3n) is 1.88. The zero-order valence-corrected chi connectivity index (χ0v) is 8.52. The van der Waals surface area contributed by atoms with E-state index in [9.17, 15) is 13.2 Å². The van der Waals surface area contributed by atoms with Crippen LogP contribution in [0.15, 0.2) is 0 Å². The van der Waals surface area contributed by atoms with Gasteiger partial charge >= 0.3 is 6.18 Å². The molecule has 1 aromatic heterocycles. The zero-order valence-electron chi connectivity index (χ0n) is 8.52. The lowest BCUT2D eigenvalue weighted by atomic mass is 10.4. The number of alkyl halides is 3. The Labute approximate surface area is 85.3 Å². The van der Waals surface area contributed by atoms with Gasteiger partial charge in [0.05, 0.1) is 0 Å². The first-order valence-electron chi connectivity index (χ1n) is 4.47. The zero-order chi connectivity index (χ0) is 11.6. The predicted molar refractivity (Wildman–Crippen MR) is 51.7 cm³/mol. The van der Waals surface area contributed by atoms with E-state index in [1.807, 2.05) is 0 Å². The number of hydrogen-bond donors (Lipinski definition) is 2. The summed E-state index contributed by atoms with van der Waals surface area (Å²) >= 11 is 0. The Kier molecular flexibility index (Phi) is 3.11. The number of nitrogens with two attached hydrogens (primary N) is 1. The number of aromatic amines is 1. The van der Waals surface area contributed by atoms with Crippen molar-refractivity contribution < 1.29 is 13.2 Å². The molecule has 0 saturated carbocycles. The summed E-state index contributed by atoms with van der Waals surface area (Å²) in [5, 5.41) is 0. The lowest BCUT2D eigenvalue weighted by molar-refractivity contribution is -0.119. The van der Waals surface area contributed by atoms with Gasteiger partial charge in [-0.1, -0.05) is 0 Å². The van der Waals surface area contributed by atoms with Crippen LogP contribution in [0.25, 0.3) is 0 Å². The van der Waals surface area contributed by atoms with Gasteiger partial charge in [0.2, 0.25) is 0 Å². The molecular weight excluding hydrogens is 209 g/mol. The summed E-state index contributed by atoms with van der Waals surface area (Å²) in [5.74, 6) is 0.828. The molecule has 0 atom stereocenters. The standard InChI is InChI=1S/C8H13F3N4/c1-3-15(4-8(9,10)11)7-6(12)13-5(2)14-7/h3-4,12H2,1-2H3,(H,13,14). The molecule has 0 bridgehead atoms. The quantitative estimate of drug-likeness (QED) is 0.818. The summed E-state index contributed by atoms with van der Waals surface area (Å²) in [6, 6.07) is 0. The largest absolute Gasteiger partial charge is 0.405 e. The molecule has 0 fully saturated rings. The number of rotatable bonds is 3. The molecule has 7 heteroatoms. The first kappa shape index (κ1) is 11.7. The van der Waals surface area contributed by atoms with Gasteiger partial charge in [-0.25, -0.2) is 4.98 Å². The Morgan fingerprint density at radius 2 is 2.07 bits per heavy atom. The predicted octanol–water partition coefficient (Wildman–Crippen LogP) is 1.69. The van der Waals surface area contributed by atoms with Crippen LogP contribution in [-0.2, 0) is 0 Å². The molecule has 0 unspecified atom stereocenters. The van der Waals surface area contributed by atoms with E-state index in [1.165, 1.54) is 0 Å². The highest BCUT2D eigenvalue weighted by molar-refractivity contribution is 5.59. The maximum Gasteiger partial charge on any atom is 0.405 e. The van der Waals surface area contributed by atoms with E-state index >= 15 is 0 Å². The van der Waals surface area contributed by atoms with Gasteiger partial charge in [0.15, 0.2) is 5.82 Å². The Bertz CT molecular complexity index is 331. The van der Waals surface area contributed by atoms with Crippen molar-refractivity contribution in [2.75, 3.05) is 23.7 Å². The molecule has 1 rings (SSSR count). The number of aryl methyl sites for hydroxylation is 1. The second kappa shape index (κ2) is 4.00. The van der Waals surface area contributed by atoms with E-state index in [1.54, 1.807) is 13.8 Å². The van der Waals surface area contributed by atoms with E-state index in [-0.39, 0.29) is 18.2 Å². The summed E-state index contributed by atoms with van der Waals surface area (Å²) in [4.78, 5) is 7.66. The summed E-state index contributed by atoms with van der Waals surface area (Å²) < 4.78 is 36.6. The highest BCUT2D eigenvalue weighted by atomic mass is 19.4. The van der Waals surface area contributed by atoms with Crippen molar-refractivity contribution in [2.45, 2.75) is 20.0 Å². The highest BCUT2D eigenvalue weighted by Crippen LogP contribution is 2.24. The Hall–Kier alpha value is -1.40. The maximum atomic E-state index is 12.2. The Balaban J connectivity index is 2.88. The van der Waals surface area contributed by atoms with E-state index < -0.39 is 12.7 Å². The molecule has 0 saturated heterocycles. The fourth-order valence-electron chi connectivity index (χ4n) is 1.29. The first-order chi connectivity index (χ1) is 6.83. The van der Waals surface area contributed by atoms with Gasteiger partial charge in [0, 0.05) is 6.54 Å². The Morgan fingerprint density at radius 3 is 2.40 bits per heavy atom. The van der Waals surface area contributed by atoms with Crippen LogP contribution in [0.1, 0.15) is 12.7 Å². The molecule has 0 amide bonds. The van der Waals surface area contributed by atoms with Crippen molar-refractivity contribution in [1.82, 2.24) is 9.97 Å². The van der Waals surface area contributed by atoms with Crippen molar-refractivity contribution in [3.8, 4) is 0 Å². The first-order valence-corrected chi connectivity index (χ1v) is 4.47. The van der Waals surface area contributed by atoms with Crippen LogP contribution < -0.4 is 10.6 Å². The molecule has 86 valence electrons. The third-order valence-corrected chi connectivity index (χ3v) is 1.88. The molecule has 0 aromatic carbocycles. The SMILES string of the molecule is CCN(CC(F)(F)F)c1nc(C)[nH]c1N. The molecule has 0 aliphatic heterocycles. The van der Waals surface area contributed by atoms with Crippen LogP contribution in [0.5, 0.6) is 0 Å². The van der Waals surface area contributed by atoms with Gasteiger partial charge in [0.1, 0.15) is 18.2 Å². The molecule has 3 N–H and O–H groups in total. The van der Waals surface area contributed by atoms with Gasteiger partial charge in [-0.3, -0.25) is 0 Å². The number of aromatic nitrogens is 2. The van der Waals surface area contributed by atoms with E-state index in [0.717, 1.165) is 4.90 Å². The fraction of sp³-hybridized carbons (Fsp3) is 0.625. The third kappa shape index (κ3) is 3.03. The average molecular weight is 222 g/mol. The molecule has 1 heterocycles. The number of H-pyrrole nitrogens is 1. The summed E-state index contributed by atoms with van der Waals surface area (Å²) in [6.07, 6.45) is -4.25. The van der Waals surface area contributed by atoms with Crippen molar-refractivity contribution in [1.29, 1.82) is 0 Å². The van der Waals surface area contributed by atoms with Crippen molar-refractivity contribution in [3.05, 3.63) is 5.82 Å². The van der Waals surface area contributed by atoms with Crippen LogP contribution in [0, 0.1) is 6.92 Å². The number of nitrogens with one attached hydrogen (secondary N) is 1. The second-order valence-corrected chi connectivity index (χ2v) is 3.19. The highest BCUT2D eigenvalue weighted by Gasteiger charge is 2.31. The summed E-state index contributed by atoms with van der Waals surface area (Å²) in [5.41, 5.74) is 5.51. The van der Waals surface area contributed by atoms with Crippen LogP contribution >= 0.6 is 0 Å². The minimum absolute atomic E-state index is 0.160. The average Bonchev–Trinajstić information content (AvgIpc) is 2.39. The second-order valence-electron chi connectivity index (χ2n) is 3.19. The molecule has 0 aliphatic rings. The molecule has 1 aromatic rings. The van der Waals surface area contributed by atoms with E-state index in [2.05, 4.69) is 9.97 Å². The monoisotopic (exact) mass is 222 g/mol. The van der Waals surface area contributed by atoms with Gasteiger partial charge in [0.25, 0.3) is 0 Å². The van der Waals surface area contributed by atoms with E-state index in [4.69, 9.17) is 5.73 Å². The number of hydrogen-bond acceptors (Lipinski definition) is 3. The number of imidazole rings is 1. The van der Waals surface area contributed by atoms with Crippen molar-refractivity contribution >= 4 is 11.6 Å². The Morgan fingerprint density at radius 1 is 1.47 bits per heavy atom. The number of nitrogens with zero attached hydrogens (tertiary/aromatic N) is 2. The smallest absolute Gasteiger partial charge is 0.382 e. The molecule has 4 nitrogen and oxygen atoms in total. The van der Waals surface area contributed by atoms with Gasteiger partial charge in [-0.15, -0.1) is 0 Å². The number of nitrogen functional groups attached to an aromatic ring is 1.